The Morgan fingerprint density at radius 2 is 0.519 bits per heavy atom. The summed E-state index contributed by atoms with van der Waals surface area (Å²) in [5.41, 5.74) is 0. The Labute approximate surface area is 485 Å². The minimum Gasteiger partial charge on any atom is -0.481 e. The molecule has 1 heterocycles. The molecule has 77 heavy (non-hydrogen) atoms. The van der Waals surface area contributed by atoms with Crippen LogP contribution >= 0.6 is 0 Å². The first-order chi connectivity index (χ1) is 38.0. The molecule has 0 aromatic carbocycles. The zero-order valence-corrected chi connectivity index (χ0v) is 53.4. The second-order valence-electron chi connectivity index (χ2n) is 26.3. The largest absolute Gasteiger partial charge is 0.481 e. The summed E-state index contributed by atoms with van der Waals surface area (Å²) >= 11 is 0. The lowest BCUT2D eigenvalue weighted by Gasteiger charge is -2.19. The monoisotopic (exact) mass is 1090 g/mol. The van der Waals surface area contributed by atoms with Gasteiger partial charge < -0.3 is 14.9 Å². The van der Waals surface area contributed by atoms with Crippen molar-refractivity contribution in [1.82, 2.24) is 0 Å². The van der Waals surface area contributed by atoms with E-state index in [2.05, 4.69) is 20.8 Å². The van der Waals surface area contributed by atoms with Crippen molar-refractivity contribution >= 4 is 5.97 Å². The zero-order chi connectivity index (χ0) is 55.4. The van der Waals surface area contributed by atoms with Crippen LogP contribution in [0.15, 0.2) is 0 Å². The standard InChI is InChI=1S/C73H144O4/c1-4-6-8-10-12-14-16-18-20-22-23-24-27-30-33-37-41-45-49-53-57-61-65-69(73(75)76)70(74)66-62-58-54-50-46-42-38-34-31-28-25-26-29-32-35-39-43-47-51-55-59-63-67-71-72(77-71)68(3)64-60-56-52-48-44-40-36-21-19-17-15-13-11-9-7-5-2/h68-72,74H,4-67H2,1-3H3,(H,75,76). The molecule has 1 fully saturated rings. The Balaban J connectivity index is 1.75. The fourth-order valence-corrected chi connectivity index (χ4v) is 13.0. The van der Waals surface area contributed by atoms with Crippen molar-refractivity contribution in [1.29, 1.82) is 0 Å². The van der Waals surface area contributed by atoms with Gasteiger partial charge in [0.2, 0.25) is 0 Å². The molecule has 0 aromatic rings. The van der Waals surface area contributed by atoms with Crippen LogP contribution in [0.2, 0.25) is 0 Å². The second kappa shape index (κ2) is 61.5. The molecule has 2 N–H and O–H groups in total. The lowest BCUT2D eigenvalue weighted by Crippen LogP contribution is -2.28. The van der Waals surface area contributed by atoms with Crippen molar-refractivity contribution < 1.29 is 19.7 Å². The van der Waals surface area contributed by atoms with Crippen LogP contribution in [0, 0.1) is 11.8 Å². The van der Waals surface area contributed by atoms with E-state index in [9.17, 15) is 15.0 Å². The predicted octanol–water partition coefficient (Wildman–Crippen LogP) is 25.5. The third-order valence-electron chi connectivity index (χ3n) is 18.6. The maximum Gasteiger partial charge on any atom is 0.309 e. The average molecular weight is 1090 g/mol. The minimum absolute atomic E-state index is 0.578. The van der Waals surface area contributed by atoms with Gasteiger partial charge in [0.05, 0.1) is 24.2 Å². The topological polar surface area (TPSA) is 70.1 Å². The highest BCUT2D eigenvalue weighted by atomic mass is 16.6. The van der Waals surface area contributed by atoms with Gasteiger partial charge in [-0.15, -0.1) is 0 Å². The first-order valence-electron chi connectivity index (χ1n) is 36.6. The van der Waals surface area contributed by atoms with Gasteiger partial charge in [-0.25, -0.2) is 0 Å². The van der Waals surface area contributed by atoms with Crippen molar-refractivity contribution in [3.8, 4) is 0 Å². The molecule has 1 aliphatic rings. The smallest absolute Gasteiger partial charge is 0.309 e. The lowest BCUT2D eigenvalue weighted by atomic mass is 9.91. The van der Waals surface area contributed by atoms with E-state index in [1.165, 1.54) is 372 Å². The fraction of sp³-hybridized carbons (Fsp3) is 0.986. The molecular weight excluding hydrogens is 941 g/mol. The summed E-state index contributed by atoms with van der Waals surface area (Å²) in [4.78, 5) is 11.9. The van der Waals surface area contributed by atoms with E-state index in [0.29, 0.717) is 25.0 Å². The van der Waals surface area contributed by atoms with Gasteiger partial charge in [-0.3, -0.25) is 4.79 Å². The van der Waals surface area contributed by atoms with Crippen molar-refractivity contribution in [2.75, 3.05) is 0 Å². The summed E-state index contributed by atoms with van der Waals surface area (Å²) in [6.45, 7) is 7.06. The molecule has 1 saturated heterocycles. The van der Waals surface area contributed by atoms with Gasteiger partial charge in [0.1, 0.15) is 0 Å². The number of ether oxygens (including phenoxy) is 1. The molecule has 0 aromatic heterocycles. The minimum atomic E-state index is -0.800. The van der Waals surface area contributed by atoms with Gasteiger partial charge in [-0.2, -0.15) is 0 Å². The van der Waals surface area contributed by atoms with Crippen molar-refractivity contribution in [2.24, 2.45) is 11.8 Å². The Morgan fingerprint density at radius 1 is 0.312 bits per heavy atom. The summed E-state index contributed by atoms with van der Waals surface area (Å²) in [7, 11) is 0. The number of aliphatic hydroxyl groups is 1. The highest BCUT2D eigenvalue weighted by molar-refractivity contribution is 5.70. The highest BCUT2D eigenvalue weighted by Gasteiger charge is 2.41. The third-order valence-corrected chi connectivity index (χ3v) is 18.6. The van der Waals surface area contributed by atoms with Crippen LogP contribution < -0.4 is 0 Å². The summed E-state index contributed by atoms with van der Waals surface area (Å²) < 4.78 is 6.14. The van der Waals surface area contributed by atoms with Crippen molar-refractivity contribution in [2.45, 2.75) is 450 Å². The number of epoxide rings is 1. The number of hydrogen-bond acceptors (Lipinski definition) is 3. The molecule has 0 amide bonds. The molecule has 5 atom stereocenters. The SMILES string of the molecule is CCCCCCCCCCCCCCCCCCCCCCCCC(C(=O)O)C(O)CCCCCCCCCCCCCCCCCCCCCCCCC1OC1C(C)CCCCCCCCCCCCCCCCCC. The average Bonchev–Trinajstić information content (AvgIpc) is 4.22. The molecule has 0 saturated carbocycles. The first kappa shape index (κ1) is 74.4. The van der Waals surface area contributed by atoms with Crippen LogP contribution in [-0.4, -0.2) is 34.5 Å². The number of aliphatic hydroxyl groups excluding tert-OH is 1. The number of carboxylic acid groups (broad SMARTS) is 1. The number of unbranched alkanes of at least 4 members (excludes halogenated alkanes) is 57. The first-order valence-corrected chi connectivity index (χ1v) is 36.6. The predicted molar refractivity (Wildman–Crippen MR) is 342 cm³/mol. The summed E-state index contributed by atoms with van der Waals surface area (Å²) in [6.07, 6.45) is 87.8. The van der Waals surface area contributed by atoms with Gasteiger partial charge >= 0.3 is 5.97 Å². The summed E-state index contributed by atoms with van der Waals surface area (Å²) in [5, 5.41) is 20.5. The van der Waals surface area contributed by atoms with E-state index in [-0.39, 0.29) is 0 Å². The van der Waals surface area contributed by atoms with Crippen LogP contribution in [0.3, 0.4) is 0 Å². The number of carbonyl (C=O) groups is 1. The highest BCUT2D eigenvalue weighted by Crippen LogP contribution is 2.36. The van der Waals surface area contributed by atoms with E-state index in [0.717, 1.165) is 31.6 Å². The molecule has 4 heteroatoms. The van der Waals surface area contributed by atoms with Crippen LogP contribution in [0.25, 0.3) is 0 Å². The molecule has 460 valence electrons. The quantitative estimate of drug-likeness (QED) is 0.0470. The lowest BCUT2D eigenvalue weighted by molar-refractivity contribution is -0.146. The molecule has 4 nitrogen and oxygen atoms in total. The molecule has 1 rings (SSSR count). The molecule has 1 aliphatic heterocycles. The maximum absolute atomic E-state index is 11.9. The molecule has 0 bridgehead atoms. The van der Waals surface area contributed by atoms with E-state index in [1.807, 2.05) is 0 Å². The normalized spacial score (nSPS) is 15.6. The molecule has 0 spiro atoms. The third kappa shape index (κ3) is 54.4. The van der Waals surface area contributed by atoms with Gasteiger partial charge in [-0.05, 0) is 31.6 Å². The molecular formula is C73H144O4. The van der Waals surface area contributed by atoms with Crippen LogP contribution in [-0.2, 0) is 9.53 Å². The second-order valence-corrected chi connectivity index (χ2v) is 26.3. The van der Waals surface area contributed by atoms with Gasteiger partial charge in [-0.1, -0.05) is 406 Å². The number of carboxylic acids is 1. The van der Waals surface area contributed by atoms with E-state index < -0.39 is 18.0 Å². The van der Waals surface area contributed by atoms with Crippen LogP contribution in [0.5, 0.6) is 0 Å². The number of rotatable bonds is 68. The van der Waals surface area contributed by atoms with Gasteiger partial charge in [0.25, 0.3) is 0 Å². The Hall–Kier alpha value is -0.610. The van der Waals surface area contributed by atoms with E-state index >= 15 is 0 Å². The fourth-order valence-electron chi connectivity index (χ4n) is 13.0. The summed E-state index contributed by atoms with van der Waals surface area (Å²) in [5.74, 6) is -0.619. The van der Waals surface area contributed by atoms with Crippen LogP contribution in [0.4, 0.5) is 0 Å². The Kier molecular flexibility index (Phi) is 59.4. The van der Waals surface area contributed by atoms with Crippen molar-refractivity contribution in [3.63, 3.8) is 0 Å². The molecule has 5 unspecified atom stereocenters. The molecule has 0 aliphatic carbocycles. The number of hydrogen-bond donors (Lipinski definition) is 2. The maximum atomic E-state index is 11.9. The zero-order valence-electron chi connectivity index (χ0n) is 53.4. The molecule has 0 radical (unpaired) electrons. The van der Waals surface area contributed by atoms with Crippen molar-refractivity contribution in [3.05, 3.63) is 0 Å². The van der Waals surface area contributed by atoms with Gasteiger partial charge in [0, 0.05) is 0 Å². The van der Waals surface area contributed by atoms with E-state index in [1.54, 1.807) is 0 Å². The van der Waals surface area contributed by atoms with Gasteiger partial charge in [0.15, 0.2) is 0 Å². The Morgan fingerprint density at radius 3 is 0.766 bits per heavy atom. The Bertz CT molecular complexity index is 1120. The van der Waals surface area contributed by atoms with E-state index in [4.69, 9.17) is 4.74 Å². The van der Waals surface area contributed by atoms with Crippen LogP contribution in [0.1, 0.15) is 432 Å². The summed E-state index contributed by atoms with van der Waals surface area (Å²) in [6, 6.07) is 0. The number of aliphatic carboxylic acids is 1.